The Balaban J connectivity index is 1.53. The number of hydrogen-bond donors (Lipinski definition) is 0. The van der Waals surface area contributed by atoms with Gasteiger partial charge in [0, 0.05) is 43.5 Å². The van der Waals surface area contributed by atoms with Gasteiger partial charge in [-0.05, 0) is 49.9 Å². The van der Waals surface area contributed by atoms with Crippen LogP contribution in [0.25, 0.3) is 11.3 Å². The molecule has 0 radical (unpaired) electrons. The molecule has 0 N–H and O–H groups in total. The van der Waals surface area contributed by atoms with Crippen LogP contribution in [0.2, 0.25) is 0 Å². The monoisotopic (exact) mass is 349 g/mol. The van der Waals surface area contributed by atoms with E-state index in [0.29, 0.717) is 11.1 Å². The second-order valence-corrected chi connectivity index (χ2v) is 7.01. The van der Waals surface area contributed by atoms with Gasteiger partial charge in [-0.2, -0.15) is 0 Å². The molecule has 2 saturated heterocycles. The van der Waals surface area contributed by atoms with Crippen LogP contribution in [0.3, 0.4) is 0 Å². The third kappa shape index (κ3) is 3.34. The highest BCUT2D eigenvalue weighted by Gasteiger charge is 2.21. The van der Waals surface area contributed by atoms with Crippen molar-refractivity contribution in [3.05, 3.63) is 53.7 Å². The molecule has 0 spiro atoms. The van der Waals surface area contributed by atoms with Crippen LogP contribution in [-0.2, 0) is 0 Å². The summed E-state index contributed by atoms with van der Waals surface area (Å²) < 4.78 is 0. The SMILES string of the molecule is O=C(c1ccc(-c2cccc(C(=O)N3CCCC3)c2)nc1)N1CCCC1. The first-order valence-electron chi connectivity index (χ1n) is 9.37. The Bertz CT molecular complexity index is 804. The predicted molar refractivity (Wildman–Crippen MR) is 99.9 cm³/mol. The number of carbonyl (C=O) groups excluding carboxylic acids is 2. The molecule has 134 valence electrons. The van der Waals surface area contributed by atoms with E-state index in [4.69, 9.17) is 0 Å². The van der Waals surface area contributed by atoms with E-state index in [0.717, 1.165) is 63.1 Å². The summed E-state index contributed by atoms with van der Waals surface area (Å²) in [4.78, 5) is 33.3. The van der Waals surface area contributed by atoms with Crippen molar-refractivity contribution in [2.45, 2.75) is 25.7 Å². The van der Waals surface area contributed by atoms with Crippen LogP contribution in [0.4, 0.5) is 0 Å². The number of likely N-dealkylation sites (tertiary alicyclic amines) is 2. The van der Waals surface area contributed by atoms with Gasteiger partial charge in [-0.25, -0.2) is 0 Å². The van der Waals surface area contributed by atoms with Crippen molar-refractivity contribution < 1.29 is 9.59 Å². The normalized spacial score (nSPS) is 16.9. The predicted octanol–water partition coefficient (Wildman–Crippen LogP) is 3.22. The van der Waals surface area contributed by atoms with Crippen molar-refractivity contribution in [3.8, 4) is 11.3 Å². The molecular weight excluding hydrogens is 326 g/mol. The average molecular weight is 349 g/mol. The van der Waals surface area contributed by atoms with Crippen molar-refractivity contribution >= 4 is 11.8 Å². The number of amides is 2. The zero-order chi connectivity index (χ0) is 17.9. The van der Waals surface area contributed by atoms with Gasteiger partial charge in [0.25, 0.3) is 11.8 Å². The molecule has 4 rings (SSSR count). The van der Waals surface area contributed by atoms with Crippen LogP contribution >= 0.6 is 0 Å². The summed E-state index contributed by atoms with van der Waals surface area (Å²) in [5, 5.41) is 0. The Morgan fingerprint density at radius 3 is 1.96 bits per heavy atom. The Kier molecular flexibility index (Phi) is 4.69. The van der Waals surface area contributed by atoms with Crippen molar-refractivity contribution in [3.63, 3.8) is 0 Å². The van der Waals surface area contributed by atoms with Gasteiger partial charge in [0.2, 0.25) is 0 Å². The minimum Gasteiger partial charge on any atom is -0.339 e. The second-order valence-electron chi connectivity index (χ2n) is 7.01. The minimum atomic E-state index is 0.0551. The molecule has 26 heavy (non-hydrogen) atoms. The molecule has 2 aliphatic rings. The Hall–Kier alpha value is -2.69. The van der Waals surface area contributed by atoms with Crippen LogP contribution < -0.4 is 0 Å². The summed E-state index contributed by atoms with van der Waals surface area (Å²) in [5.74, 6) is 0.143. The number of pyridine rings is 1. The average Bonchev–Trinajstić information content (AvgIpc) is 3.41. The Morgan fingerprint density at radius 2 is 1.38 bits per heavy atom. The Labute approximate surface area is 153 Å². The molecule has 5 nitrogen and oxygen atoms in total. The van der Waals surface area contributed by atoms with Crippen LogP contribution in [-0.4, -0.2) is 52.8 Å². The van der Waals surface area contributed by atoms with E-state index in [9.17, 15) is 9.59 Å². The van der Waals surface area contributed by atoms with E-state index in [1.807, 2.05) is 46.2 Å². The minimum absolute atomic E-state index is 0.0551. The lowest BCUT2D eigenvalue weighted by molar-refractivity contribution is 0.0785. The highest BCUT2D eigenvalue weighted by atomic mass is 16.2. The van der Waals surface area contributed by atoms with Gasteiger partial charge in [-0.3, -0.25) is 14.6 Å². The number of benzene rings is 1. The standard InChI is InChI=1S/C21H23N3O2/c25-20(23-10-1-2-11-23)17-7-5-6-16(14-17)19-9-8-18(15-22-19)21(26)24-12-3-4-13-24/h5-9,14-15H,1-4,10-13H2. The fraction of sp³-hybridized carbons (Fsp3) is 0.381. The maximum Gasteiger partial charge on any atom is 0.255 e. The number of nitrogens with zero attached hydrogens (tertiary/aromatic N) is 3. The maximum absolute atomic E-state index is 12.6. The number of hydrogen-bond acceptors (Lipinski definition) is 3. The van der Waals surface area contributed by atoms with Crippen LogP contribution in [0.5, 0.6) is 0 Å². The third-order valence-corrected chi connectivity index (χ3v) is 5.20. The van der Waals surface area contributed by atoms with Crippen molar-refractivity contribution in [1.29, 1.82) is 0 Å². The lowest BCUT2D eigenvalue weighted by atomic mass is 10.1. The van der Waals surface area contributed by atoms with Crippen LogP contribution in [0.15, 0.2) is 42.6 Å². The summed E-state index contributed by atoms with van der Waals surface area (Å²) >= 11 is 0. The van der Waals surface area contributed by atoms with E-state index in [1.165, 1.54) is 0 Å². The first kappa shape index (κ1) is 16.8. The Morgan fingerprint density at radius 1 is 0.769 bits per heavy atom. The molecule has 0 atom stereocenters. The molecule has 0 saturated carbocycles. The molecule has 1 aromatic heterocycles. The largest absolute Gasteiger partial charge is 0.339 e. The topological polar surface area (TPSA) is 53.5 Å². The lowest BCUT2D eigenvalue weighted by Gasteiger charge is -2.16. The van der Waals surface area contributed by atoms with Gasteiger partial charge >= 0.3 is 0 Å². The number of carbonyl (C=O) groups is 2. The zero-order valence-corrected chi connectivity index (χ0v) is 14.9. The molecule has 1 aromatic carbocycles. The smallest absolute Gasteiger partial charge is 0.255 e. The highest BCUT2D eigenvalue weighted by molar-refractivity contribution is 5.96. The summed E-state index contributed by atoms with van der Waals surface area (Å²) in [6.45, 7) is 3.35. The number of aromatic nitrogens is 1. The van der Waals surface area contributed by atoms with E-state index < -0.39 is 0 Å². The van der Waals surface area contributed by atoms with Crippen molar-refractivity contribution in [1.82, 2.24) is 14.8 Å². The fourth-order valence-corrected chi connectivity index (χ4v) is 3.71. The van der Waals surface area contributed by atoms with Crippen LogP contribution in [0.1, 0.15) is 46.4 Å². The fourth-order valence-electron chi connectivity index (χ4n) is 3.71. The van der Waals surface area contributed by atoms with Crippen molar-refractivity contribution in [2.75, 3.05) is 26.2 Å². The summed E-state index contributed by atoms with van der Waals surface area (Å²) in [7, 11) is 0. The van der Waals surface area contributed by atoms with E-state index in [-0.39, 0.29) is 11.8 Å². The second kappa shape index (κ2) is 7.28. The first-order chi connectivity index (χ1) is 12.7. The number of rotatable bonds is 3. The molecule has 2 aliphatic heterocycles. The summed E-state index contributed by atoms with van der Waals surface area (Å²) in [6, 6.07) is 11.3. The van der Waals surface area contributed by atoms with Gasteiger partial charge in [-0.1, -0.05) is 12.1 Å². The highest BCUT2D eigenvalue weighted by Crippen LogP contribution is 2.21. The molecule has 0 aliphatic carbocycles. The molecule has 2 fully saturated rings. The van der Waals surface area contributed by atoms with Gasteiger partial charge < -0.3 is 9.80 Å². The van der Waals surface area contributed by atoms with E-state index in [2.05, 4.69) is 4.98 Å². The van der Waals surface area contributed by atoms with Crippen LogP contribution in [0, 0.1) is 0 Å². The molecular formula is C21H23N3O2. The quantitative estimate of drug-likeness (QED) is 0.855. The molecule has 2 amide bonds. The lowest BCUT2D eigenvalue weighted by Crippen LogP contribution is -2.27. The zero-order valence-electron chi connectivity index (χ0n) is 14.9. The van der Waals surface area contributed by atoms with E-state index in [1.54, 1.807) is 6.20 Å². The summed E-state index contributed by atoms with van der Waals surface area (Å²) in [6.07, 6.45) is 5.97. The molecule has 0 unspecified atom stereocenters. The molecule has 2 aromatic rings. The van der Waals surface area contributed by atoms with Gasteiger partial charge in [0.05, 0.1) is 11.3 Å². The first-order valence-corrected chi connectivity index (χ1v) is 9.37. The van der Waals surface area contributed by atoms with Gasteiger partial charge in [0.1, 0.15) is 0 Å². The molecule has 0 bridgehead atoms. The van der Waals surface area contributed by atoms with Gasteiger partial charge in [-0.15, -0.1) is 0 Å². The van der Waals surface area contributed by atoms with Gasteiger partial charge in [0.15, 0.2) is 0 Å². The van der Waals surface area contributed by atoms with Crippen molar-refractivity contribution in [2.24, 2.45) is 0 Å². The summed E-state index contributed by atoms with van der Waals surface area (Å²) in [5.41, 5.74) is 3.00. The molecule has 3 heterocycles. The molecule has 5 heteroatoms. The third-order valence-electron chi connectivity index (χ3n) is 5.20. The maximum atomic E-state index is 12.6. The van der Waals surface area contributed by atoms with E-state index >= 15 is 0 Å².